The van der Waals surface area contributed by atoms with Crippen LogP contribution in [0, 0.1) is 20.2 Å². The summed E-state index contributed by atoms with van der Waals surface area (Å²) >= 11 is 0. The van der Waals surface area contributed by atoms with Crippen LogP contribution in [0.15, 0.2) is 42.6 Å². The molecular weight excluding hydrogens is 384 g/mol. The number of carbonyl (C=O) groups is 1. The molecular formula is C18H16N4O7. The second kappa shape index (κ2) is 7.94. The molecule has 150 valence electrons. The Kier molecular flexibility index (Phi) is 5.41. The van der Waals surface area contributed by atoms with E-state index in [2.05, 4.69) is 4.98 Å². The van der Waals surface area contributed by atoms with E-state index in [1.54, 1.807) is 18.3 Å². The molecule has 3 rings (SSSR count). The first-order chi connectivity index (χ1) is 13.8. The average Bonchev–Trinajstić information content (AvgIpc) is 3.09. The molecule has 0 fully saturated rings. The van der Waals surface area contributed by atoms with Gasteiger partial charge in [-0.3, -0.25) is 20.2 Å². The van der Waals surface area contributed by atoms with Crippen LogP contribution in [0.2, 0.25) is 0 Å². The number of fused-ring (bicyclic) bond motifs is 1. The predicted molar refractivity (Wildman–Crippen MR) is 102 cm³/mol. The number of aromatic nitrogens is 1. The number of H-pyrrole nitrogens is 1. The molecule has 0 unspecified atom stereocenters. The van der Waals surface area contributed by atoms with Crippen LogP contribution >= 0.6 is 0 Å². The zero-order chi connectivity index (χ0) is 21.1. The normalized spacial score (nSPS) is 11.8. The largest absolute Gasteiger partial charge is 0.497 e. The van der Waals surface area contributed by atoms with E-state index in [9.17, 15) is 25.0 Å². The Labute approximate surface area is 163 Å². The van der Waals surface area contributed by atoms with Crippen LogP contribution < -0.4 is 15.2 Å². The molecule has 2 aromatic carbocycles. The summed E-state index contributed by atoms with van der Waals surface area (Å²) in [5.74, 6) is -0.683. The van der Waals surface area contributed by atoms with Gasteiger partial charge in [0, 0.05) is 29.6 Å². The molecule has 0 aliphatic heterocycles. The van der Waals surface area contributed by atoms with Gasteiger partial charge in [-0.2, -0.15) is 0 Å². The van der Waals surface area contributed by atoms with E-state index in [0.29, 0.717) is 5.75 Å². The summed E-state index contributed by atoms with van der Waals surface area (Å²) in [6, 6.07) is 7.01. The van der Waals surface area contributed by atoms with Gasteiger partial charge in [-0.1, -0.05) is 0 Å². The molecule has 0 spiro atoms. The maximum atomic E-state index is 12.4. The third-order valence-corrected chi connectivity index (χ3v) is 4.28. The molecule has 11 heteroatoms. The Morgan fingerprint density at radius 3 is 2.59 bits per heavy atom. The van der Waals surface area contributed by atoms with E-state index in [0.717, 1.165) is 34.7 Å². The van der Waals surface area contributed by atoms with Gasteiger partial charge in [-0.25, -0.2) is 4.79 Å². The van der Waals surface area contributed by atoms with Crippen LogP contribution in [0.3, 0.4) is 0 Å². The molecule has 1 aromatic heterocycles. The standard InChI is InChI=1S/C18H16N4O7/c1-28-12-3-4-15-13(8-12)10(9-20-15)6-14(19)18(23)29-17-5-2-11(21(24)25)7-16(17)22(26)27/h2-5,7-9,14,20H,6,19H2,1H3/t14-/m0/s1. The molecule has 29 heavy (non-hydrogen) atoms. The number of nitro benzene ring substituents is 2. The summed E-state index contributed by atoms with van der Waals surface area (Å²) in [6.07, 6.45) is 1.80. The van der Waals surface area contributed by atoms with E-state index in [1.807, 2.05) is 6.07 Å². The van der Waals surface area contributed by atoms with E-state index >= 15 is 0 Å². The zero-order valence-corrected chi connectivity index (χ0v) is 15.2. The first-order valence-corrected chi connectivity index (χ1v) is 8.34. The molecule has 3 aromatic rings. The predicted octanol–water partition coefficient (Wildman–Crippen LogP) is 2.47. The minimum absolute atomic E-state index is 0.104. The Balaban J connectivity index is 1.79. The average molecular weight is 400 g/mol. The summed E-state index contributed by atoms with van der Waals surface area (Å²) in [5, 5.41) is 22.8. The van der Waals surface area contributed by atoms with E-state index < -0.39 is 39.0 Å². The van der Waals surface area contributed by atoms with Crippen molar-refractivity contribution in [2.24, 2.45) is 5.73 Å². The number of aromatic amines is 1. The number of nitrogens with one attached hydrogen (secondary N) is 1. The molecule has 11 nitrogen and oxygen atoms in total. The number of carbonyl (C=O) groups excluding carboxylic acids is 1. The fourth-order valence-corrected chi connectivity index (χ4v) is 2.81. The number of hydrogen-bond acceptors (Lipinski definition) is 8. The molecule has 0 saturated heterocycles. The van der Waals surface area contributed by atoms with Crippen molar-refractivity contribution in [1.82, 2.24) is 4.98 Å². The van der Waals surface area contributed by atoms with Gasteiger partial charge in [0.25, 0.3) is 5.69 Å². The number of benzene rings is 2. The maximum absolute atomic E-state index is 12.4. The van der Waals surface area contributed by atoms with Crippen LogP contribution in [0.5, 0.6) is 11.5 Å². The topological polar surface area (TPSA) is 164 Å². The van der Waals surface area contributed by atoms with Gasteiger partial charge in [0.2, 0.25) is 5.75 Å². The number of rotatable bonds is 7. The van der Waals surface area contributed by atoms with Crippen molar-refractivity contribution in [2.75, 3.05) is 7.11 Å². The van der Waals surface area contributed by atoms with E-state index in [4.69, 9.17) is 15.2 Å². The lowest BCUT2D eigenvalue weighted by Gasteiger charge is -2.11. The maximum Gasteiger partial charge on any atom is 0.328 e. The van der Waals surface area contributed by atoms with Crippen molar-refractivity contribution in [3.63, 3.8) is 0 Å². The van der Waals surface area contributed by atoms with Crippen molar-refractivity contribution in [3.8, 4) is 11.5 Å². The van der Waals surface area contributed by atoms with Crippen LogP contribution in [-0.4, -0.2) is 34.0 Å². The number of methoxy groups -OCH3 is 1. The highest BCUT2D eigenvalue weighted by Gasteiger charge is 2.25. The Hall–Kier alpha value is -3.99. The monoisotopic (exact) mass is 400 g/mol. The molecule has 0 saturated carbocycles. The molecule has 1 atom stereocenters. The lowest BCUT2D eigenvalue weighted by atomic mass is 10.1. The third-order valence-electron chi connectivity index (χ3n) is 4.28. The smallest absolute Gasteiger partial charge is 0.328 e. The molecule has 0 aliphatic rings. The van der Waals surface area contributed by atoms with Crippen LogP contribution in [-0.2, 0) is 11.2 Å². The van der Waals surface area contributed by atoms with Crippen molar-refractivity contribution >= 4 is 28.2 Å². The number of nitro groups is 2. The van der Waals surface area contributed by atoms with Crippen LogP contribution in [0.4, 0.5) is 11.4 Å². The zero-order valence-electron chi connectivity index (χ0n) is 15.2. The van der Waals surface area contributed by atoms with Crippen molar-refractivity contribution in [2.45, 2.75) is 12.5 Å². The van der Waals surface area contributed by atoms with Crippen LogP contribution in [0.1, 0.15) is 5.56 Å². The first kappa shape index (κ1) is 19.8. The van der Waals surface area contributed by atoms with Crippen LogP contribution in [0.25, 0.3) is 10.9 Å². The van der Waals surface area contributed by atoms with Gasteiger partial charge in [0.15, 0.2) is 0 Å². The Morgan fingerprint density at radius 1 is 1.17 bits per heavy atom. The summed E-state index contributed by atoms with van der Waals surface area (Å²) < 4.78 is 10.2. The van der Waals surface area contributed by atoms with Crippen molar-refractivity contribution < 1.29 is 24.1 Å². The third kappa shape index (κ3) is 4.14. The quantitative estimate of drug-likeness (QED) is 0.264. The summed E-state index contributed by atoms with van der Waals surface area (Å²) in [4.78, 5) is 35.7. The summed E-state index contributed by atoms with van der Waals surface area (Å²) in [5.41, 5.74) is 6.30. The molecule has 0 amide bonds. The minimum atomic E-state index is -1.12. The number of non-ortho nitro benzene ring substituents is 1. The minimum Gasteiger partial charge on any atom is -0.497 e. The van der Waals surface area contributed by atoms with Gasteiger partial charge in [-0.05, 0) is 29.8 Å². The Bertz CT molecular complexity index is 1110. The number of ether oxygens (including phenoxy) is 2. The summed E-state index contributed by atoms with van der Waals surface area (Å²) in [7, 11) is 1.54. The highest BCUT2D eigenvalue weighted by Crippen LogP contribution is 2.31. The molecule has 0 bridgehead atoms. The van der Waals surface area contributed by atoms with Gasteiger partial charge < -0.3 is 20.2 Å². The number of esters is 1. The van der Waals surface area contributed by atoms with Crippen molar-refractivity contribution in [1.29, 1.82) is 0 Å². The molecule has 0 radical (unpaired) electrons. The second-order valence-corrected chi connectivity index (χ2v) is 6.12. The Morgan fingerprint density at radius 2 is 1.93 bits per heavy atom. The van der Waals surface area contributed by atoms with Gasteiger partial charge in [-0.15, -0.1) is 0 Å². The molecule has 1 heterocycles. The number of nitrogens with two attached hydrogens (primary N) is 1. The molecule has 0 aliphatic carbocycles. The van der Waals surface area contributed by atoms with E-state index in [-0.39, 0.29) is 6.42 Å². The lowest BCUT2D eigenvalue weighted by Crippen LogP contribution is -2.36. The highest BCUT2D eigenvalue weighted by atomic mass is 16.6. The second-order valence-electron chi connectivity index (χ2n) is 6.12. The first-order valence-electron chi connectivity index (χ1n) is 8.34. The van der Waals surface area contributed by atoms with E-state index in [1.165, 1.54) is 7.11 Å². The fraction of sp³-hybridized carbons (Fsp3) is 0.167. The highest BCUT2D eigenvalue weighted by molar-refractivity contribution is 5.86. The van der Waals surface area contributed by atoms with Gasteiger partial charge >= 0.3 is 11.7 Å². The SMILES string of the molecule is COc1ccc2[nH]cc(C[C@H](N)C(=O)Oc3ccc([N+](=O)[O-])cc3[N+](=O)[O-])c2c1. The van der Waals surface area contributed by atoms with Gasteiger partial charge in [0.1, 0.15) is 11.8 Å². The summed E-state index contributed by atoms with van der Waals surface area (Å²) in [6.45, 7) is 0. The van der Waals surface area contributed by atoms with Gasteiger partial charge in [0.05, 0.1) is 23.0 Å². The van der Waals surface area contributed by atoms with Crippen molar-refractivity contribution in [3.05, 3.63) is 68.4 Å². The molecule has 3 N–H and O–H groups in total. The lowest BCUT2D eigenvalue weighted by molar-refractivity contribution is -0.394. The number of nitrogens with zero attached hydrogens (tertiary/aromatic N) is 2. The fourth-order valence-electron chi connectivity index (χ4n) is 2.81. The number of hydrogen-bond donors (Lipinski definition) is 2.